The van der Waals surface area contributed by atoms with Crippen molar-refractivity contribution < 1.29 is 0 Å². The third-order valence-electron chi connectivity index (χ3n) is 2.56. The van der Waals surface area contributed by atoms with Crippen LogP contribution in [-0.2, 0) is 6.42 Å². The van der Waals surface area contributed by atoms with Crippen LogP contribution in [0.2, 0.25) is 0 Å². The first kappa shape index (κ1) is 11.6. The Morgan fingerprint density at radius 3 is 2.94 bits per heavy atom. The molecular weight excluding hydrogens is 314 g/mol. The SMILES string of the molecule is CCc1cc2c(-n3cc(Br)cn3)nc(N)nc2s1. The summed E-state index contributed by atoms with van der Waals surface area (Å²) in [5, 5.41) is 5.23. The lowest BCUT2D eigenvalue weighted by Crippen LogP contribution is -2.03. The van der Waals surface area contributed by atoms with Crippen LogP contribution in [0.1, 0.15) is 11.8 Å². The van der Waals surface area contributed by atoms with Crippen LogP contribution >= 0.6 is 27.3 Å². The van der Waals surface area contributed by atoms with Gasteiger partial charge in [-0.25, -0.2) is 9.67 Å². The summed E-state index contributed by atoms with van der Waals surface area (Å²) in [5.74, 6) is 0.993. The molecule has 3 aromatic heterocycles. The minimum absolute atomic E-state index is 0.272. The molecule has 0 unspecified atom stereocenters. The molecule has 0 saturated heterocycles. The smallest absolute Gasteiger partial charge is 0.223 e. The highest BCUT2D eigenvalue weighted by atomic mass is 79.9. The van der Waals surface area contributed by atoms with Gasteiger partial charge < -0.3 is 5.73 Å². The van der Waals surface area contributed by atoms with Gasteiger partial charge >= 0.3 is 0 Å². The minimum atomic E-state index is 0.272. The largest absolute Gasteiger partial charge is 0.368 e. The number of anilines is 1. The Bertz CT molecular complexity index is 717. The van der Waals surface area contributed by atoms with E-state index in [4.69, 9.17) is 5.73 Å². The second kappa shape index (κ2) is 4.33. The summed E-state index contributed by atoms with van der Waals surface area (Å²) >= 11 is 5.02. The van der Waals surface area contributed by atoms with Crippen molar-refractivity contribution in [2.75, 3.05) is 5.73 Å². The van der Waals surface area contributed by atoms with Crippen molar-refractivity contribution in [3.05, 3.63) is 27.8 Å². The lowest BCUT2D eigenvalue weighted by atomic mass is 10.3. The lowest BCUT2D eigenvalue weighted by Gasteiger charge is -2.02. The summed E-state index contributed by atoms with van der Waals surface area (Å²) < 4.78 is 2.61. The summed E-state index contributed by atoms with van der Waals surface area (Å²) in [4.78, 5) is 10.7. The average Bonchev–Trinajstić information content (AvgIpc) is 2.93. The fourth-order valence-corrected chi connectivity index (χ4v) is 2.99. The Morgan fingerprint density at radius 1 is 1.44 bits per heavy atom. The molecular formula is C11H10BrN5S. The molecule has 0 aliphatic rings. The molecule has 3 rings (SSSR count). The van der Waals surface area contributed by atoms with Crippen molar-refractivity contribution in [3.8, 4) is 5.82 Å². The molecule has 3 aromatic rings. The second-order valence-corrected chi connectivity index (χ2v) is 5.82. The number of hydrogen-bond acceptors (Lipinski definition) is 5. The van der Waals surface area contributed by atoms with Crippen LogP contribution < -0.4 is 5.73 Å². The zero-order valence-electron chi connectivity index (χ0n) is 9.59. The maximum atomic E-state index is 5.75. The van der Waals surface area contributed by atoms with Crippen molar-refractivity contribution in [2.45, 2.75) is 13.3 Å². The number of nitrogen functional groups attached to an aromatic ring is 1. The summed E-state index contributed by atoms with van der Waals surface area (Å²) in [6, 6.07) is 2.10. The van der Waals surface area contributed by atoms with Crippen LogP contribution in [0.25, 0.3) is 16.0 Å². The van der Waals surface area contributed by atoms with Gasteiger partial charge in [-0.1, -0.05) is 6.92 Å². The van der Waals surface area contributed by atoms with Gasteiger partial charge in [-0.2, -0.15) is 10.1 Å². The highest BCUT2D eigenvalue weighted by molar-refractivity contribution is 9.10. The molecule has 0 amide bonds. The Labute approximate surface area is 116 Å². The number of nitrogens with two attached hydrogens (primary N) is 1. The first-order valence-corrected chi connectivity index (χ1v) is 7.05. The molecule has 0 bridgehead atoms. The molecule has 0 saturated carbocycles. The standard InChI is InChI=1S/C11H10BrN5S/c1-2-7-3-8-9(17-5-6(12)4-14-17)15-11(13)16-10(8)18-7/h3-5H,2H2,1H3,(H2,13,15,16). The van der Waals surface area contributed by atoms with E-state index in [9.17, 15) is 0 Å². The molecule has 18 heavy (non-hydrogen) atoms. The molecule has 0 atom stereocenters. The summed E-state index contributed by atoms with van der Waals surface area (Å²) in [6.07, 6.45) is 4.55. The Kier molecular flexibility index (Phi) is 2.79. The first-order chi connectivity index (χ1) is 8.67. The van der Waals surface area contributed by atoms with Gasteiger partial charge in [0.25, 0.3) is 0 Å². The maximum absolute atomic E-state index is 5.75. The molecule has 0 spiro atoms. The third-order valence-corrected chi connectivity index (χ3v) is 4.14. The lowest BCUT2D eigenvalue weighted by molar-refractivity contribution is 0.854. The monoisotopic (exact) mass is 323 g/mol. The van der Waals surface area contributed by atoms with Gasteiger partial charge in [-0.05, 0) is 28.4 Å². The van der Waals surface area contributed by atoms with Crippen LogP contribution in [0.15, 0.2) is 22.9 Å². The van der Waals surface area contributed by atoms with Crippen molar-refractivity contribution >= 4 is 43.4 Å². The van der Waals surface area contributed by atoms with E-state index in [-0.39, 0.29) is 5.95 Å². The average molecular weight is 324 g/mol. The second-order valence-electron chi connectivity index (χ2n) is 3.79. The summed E-state index contributed by atoms with van der Waals surface area (Å²) in [7, 11) is 0. The van der Waals surface area contributed by atoms with Crippen molar-refractivity contribution in [1.82, 2.24) is 19.7 Å². The number of rotatable bonds is 2. The molecule has 5 nitrogen and oxygen atoms in total. The molecule has 0 radical (unpaired) electrons. The third kappa shape index (κ3) is 1.89. The Morgan fingerprint density at radius 2 is 2.28 bits per heavy atom. The summed E-state index contributed by atoms with van der Waals surface area (Å²) in [6.45, 7) is 2.12. The van der Waals surface area contributed by atoms with Gasteiger partial charge in [0.15, 0.2) is 5.82 Å². The van der Waals surface area contributed by atoms with E-state index >= 15 is 0 Å². The number of aryl methyl sites for hydroxylation is 1. The zero-order valence-corrected chi connectivity index (χ0v) is 12.0. The van der Waals surface area contributed by atoms with Crippen molar-refractivity contribution in [3.63, 3.8) is 0 Å². The zero-order chi connectivity index (χ0) is 12.7. The van der Waals surface area contributed by atoms with Gasteiger partial charge in [0.1, 0.15) is 4.83 Å². The van der Waals surface area contributed by atoms with Gasteiger partial charge in [0, 0.05) is 11.1 Å². The highest BCUT2D eigenvalue weighted by Crippen LogP contribution is 2.29. The fourth-order valence-electron chi connectivity index (χ4n) is 1.74. The summed E-state index contributed by atoms with van der Waals surface area (Å²) in [5.41, 5.74) is 5.75. The van der Waals surface area contributed by atoms with E-state index in [1.807, 2.05) is 6.20 Å². The van der Waals surface area contributed by atoms with Crippen molar-refractivity contribution in [2.24, 2.45) is 0 Å². The van der Waals surface area contributed by atoms with Gasteiger partial charge in [0.05, 0.1) is 16.1 Å². The normalized spacial score (nSPS) is 11.2. The molecule has 2 N–H and O–H groups in total. The molecule has 0 aliphatic carbocycles. The van der Waals surface area contributed by atoms with Crippen molar-refractivity contribution in [1.29, 1.82) is 0 Å². The number of halogens is 1. The quantitative estimate of drug-likeness (QED) is 0.787. The van der Waals surface area contributed by atoms with E-state index in [0.29, 0.717) is 0 Å². The van der Waals surface area contributed by atoms with Crippen LogP contribution in [-0.4, -0.2) is 19.7 Å². The Balaban J connectivity index is 2.29. The van der Waals surface area contributed by atoms with Crippen LogP contribution in [0, 0.1) is 0 Å². The number of hydrogen-bond donors (Lipinski definition) is 1. The van der Waals surface area contributed by atoms with E-state index in [1.54, 1.807) is 22.2 Å². The molecule has 3 heterocycles. The van der Waals surface area contributed by atoms with E-state index in [1.165, 1.54) is 4.88 Å². The minimum Gasteiger partial charge on any atom is -0.368 e. The van der Waals surface area contributed by atoms with Gasteiger partial charge in [-0.3, -0.25) is 0 Å². The van der Waals surface area contributed by atoms with Gasteiger partial charge in [-0.15, -0.1) is 11.3 Å². The topological polar surface area (TPSA) is 69.6 Å². The molecule has 0 fully saturated rings. The molecule has 92 valence electrons. The van der Waals surface area contributed by atoms with E-state index < -0.39 is 0 Å². The maximum Gasteiger partial charge on any atom is 0.223 e. The predicted molar refractivity (Wildman–Crippen MR) is 76.0 cm³/mol. The van der Waals surface area contributed by atoms with E-state index in [2.05, 4.69) is 44.0 Å². The molecule has 0 aromatic carbocycles. The van der Waals surface area contributed by atoms with Crippen LogP contribution in [0.4, 0.5) is 5.95 Å². The first-order valence-electron chi connectivity index (χ1n) is 5.44. The molecule has 0 aliphatic heterocycles. The molecule has 7 heteroatoms. The van der Waals surface area contributed by atoms with E-state index in [0.717, 1.165) is 26.9 Å². The number of fused-ring (bicyclic) bond motifs is 1. The Hall–Kier alpha value is -1.47. The predicted octanol–water partition coefficient (Wildman–Crippen LogP) is 2.78. The number of thiophene rings is 1. The fraction of sp³-hybridized carbons (Fsp3) is 0.182. The van der Waals surface area contributed by atoms with Gasteiger partial charge in [0.2, 0.25) is 5.95 Å². The number of aromatic nitrogens is 4. The van der Waals surface area contributed by atoms with Crippen LogP contribution in [0.3, 0.4) is 0 Å². The highest BCUT2D eigenvalue weighted by Gasteiger charge is 2.12. The number of nitrogens with zero attached hydrogens (tertiary/aromatic N) is 4. The van der Waals surface area contributed by atoms with Crippen LogP contribution in [0.5, 0.6) is 0 Å².